The highest BCUT2D eigenvalue weighted by atomic mass is 14.8. The van der Waals surface area contributed by atoms with E-state index in [1.807, 2.05) is 12.1 Å². The smallest absolute Gasteiger partial charge is 0.258 e. The molecule has 0 N–H and O–H groups in total. The maximum Gasteiger partial charge on any atom is 0.270 e. The van der Waals surface area contributed by atoms with Crippen molar-refractivity contribution in [3.05, 3.63) is 141 Å². The summed E-state index contributed by atoms with van der Waals surface area (Å²) in [6, 6.07) is 14.3. The lowest BCUT2D eigenvalue weighted by Crippen LogP contribution is -1.95. The summed E-state index contributed by atoms with van der Waals surface area (Å²) in [5.74, 6) is 0. The van der Waals surface area contributed by atoms with Crippen LogP contribution in [-0.2, 0) is 0 Å². The van der Waals surface area contributed by atoms with Gasteiger partial charge in [0.25, 0.3) is 11.4 Å². The summed E-state index contributed by atoms with van der Waals surface area (Å²) in [6.07, 6.45) is 4.35. The Labute approximate surface area is 218 Å². The molecule has 172 valence electrons. The molecule has 8 heteroatoms. The van der Waals surface area contributed by atoms with Crippen LogP contribution in [0.2, 0.25) is 0 Å². The van der Waals surface area contributed by atoms with Gasteiger partial charge in [0.1, 0.15) is 6.07 Å². The Balaban J connectivity index is 2.19. The Morgan fingerprint density at radius 1 is 0.947 bits per heavy atom. The molecule has 38 heavy (non-hydrogen) atoms. The number of aromatic nitrogens is 1. The fraction of sp³-hybridized carbons (Fsp3) is 0. The lowest BCUT2D eigenvalue weighted by atomic mass is 9.92. The van der Waals surface area contributed by atoms with E-state index in [0.717, 1.165) is 0 Å². The molecule has 2 aliphatic carbocycles. The number of nitriles is 3. The van der Waals surface area contributed by atoms with E-state index in [1.54, 1.807) is 36.5 Å². The van der Waals surface area contributed by atoms with Crippen molar-refractivity contribution in [2.45, 2.75) is 0 Å². The van der Waals surface area contributed by atoms with E-state index in [9.17, 15) is 15.8 Å². The van der Waals surface area contributed by atoms with Crippen LogP contribution >= 0.6 is 0 Å². The minimum Gasteiger partial charge on any atom is -0.258 e. The lowest BCUT2D eigenvalue weighted by molar-refractivity contribution is 1.28. The molecule has 2 aromatic rings. The molecule has 0 spiro atoms. The van der Waals surface area contributed by atoms with Crippen LogP contribution < -0.4 is 0 Å². The van der Waals surface area contributed by atoms with Gasteiger partial charge in [-0.05, 0) is 46.0 Å². The van der Waals surface area contributed by atoms with Gasteiger partial charge in [-0.2, -0.15) is 5.26 Å². The molecule has 0 unspecified atom stereocenters. The fourth-order valence-corrected chi connectivity index (χ4v) is 4.45. The lowest BCUT2D eigenvalue weighted by Gasteiger charge is -2.12. The van der Waals surface area contributed by atoms with Crippen molar-refractivity contribution in [2.24, 2.45) is 4.99 Å². The molecule has 0 saturated carbocycles. The summed E-state index contributed by atoms with van der Waals surface area (Å²) >= 11 is 0. The number of aliphatic imine (C=N–C) groups is 1. The third-order valence-electron chi connectivity index (χ3n) is 5.89. The SMILES string of the molecule is [C-]#[N+]C1=C(C(=C)N=CC=C)/C(=C(/C#N)[N+]#[C-])c2cc3c(cc21)C(C#N)=C(c1ccccn1)/C3=C(\C#N)[N+]#[C-]. The number of fused-ring (bicyclic) bond motifs is 2. The highest BCUT2D eigenvalue weighted by molar-refractivity contribution is 6.26. The largest absolute Gasteiger partial charge is 0.270 e. The van der Waals surface area contributed by atoms with Crippen LogP contribution in [0.25, 0.3) is 42.5 Å². The molecule has 0 aliphatic heterocycles. The zero-order chi connectivity index (χ0) is 27.4. The third-order valence-corrected chi connectivity index (χ3v) is 5.89. The molecule has 0 radical (unpaired) electrons. The summed E-state index contributed by atoms with van der Waals surface area (Å²) in [6.45, 7) is 30.6. The molecule has 0 saturated heterocycles. The summed E-state index contributed by atoms with van der Waals surface area (Å²) in [7, 11) is 0. The monoisotopic (exact) mass is 484 g/mol. The summed E-state index contributed by atoms with van der Waals surface area (Å²) in [5.41, 5.74) is 2.79. The maximum absolute atomic E-state index is 10.2. The Morgan fingerprint density at radius 2 is 1.61 bits per heavy atom. The second kappa shape index (κ2) is 9.96. The number of nitrogens with zero attached hydrogens (tertiary/aromatic N) is 8. The van der Waals surface area contributed by atoms with Crippen LogP contribution in [0.4, 0.5) is 0 Å². The Morgan fingerprint density at radius 3 is 2.16 bits per heavy atom. The molecule has 1 aromatic heterocycles. The number of rotatable bonds is 4. The standard InChI is InChI=1S/C30H12N8/c1-6-10-37-17(2)26-27(24(15-32)34-3)20-13-19-18(12-21(20)30(26)36-5)22(14-31)29(23-9-7-8-11-38-23)28(19)25(16-33)35-4/h6-13H,1-2H2/b27-24-,28-25+,37-10?. The zero-order valence-corrected chi connectivity index (χ0v) is 19.6. The quantitative estimate of drug-likeness (QED) is 0.290. The molecule has 1 aromatic carbocycles. The van der Waals surface area contributed by atoms with Gasteiger partial charge >= 0.3 is 0 Å². The molecule has 0 atom stereocenters. The van der Waals surface area contributed by atoms with E-state index >= 15 is 0 Å². The molecule has 8 nitrogen and oxygen atoms in total. The van der Waals surface area contributed by atoms with Crippen molar-refractivity contribution in [1.29, 1.82) is 15.8 Å². The van der Waals surface area contributed by atoms with Crippen molar-refractivity contribution in [2.75, 3.05) is 0 Å². The average molecular weight is 484 g/mol. The third kappa shape index (κ3) is 3.58. The van der Waals surface area contributed by atoms with Gasteiger partial charge in [0, 0.05) is 29.1 Å². The van der Waals surface area contributed by atoms with Crippen molar-refractivity contribution in [3.63, 3.8) is 0 Å². The number of allylic oxidation sites excluding steroid dienone is 7. The van der Waals surface area contributed by atoms with Gasteiger partial charge in [0.05, 0.1) is 48.8 Å². The van der Waals surface area contributed by atoms with Gasteiger partial charge in [0.15, 0.2) is 0 Å². The maximum atomic E-state index is 10.2. The van der Waals surface area contributed by atoms with Crippen LogP contribution in [-0.4, -0.2) is 11.2 Å². The topological polar surface area (TPSA) is 110 Å². The first kappa shape index (κ1) is 24.5. The van der Waals surface area contributed by atoms with Crippen molar-refractivity contribution in [1.82, 2.24) is 4.98 Å². The zero-order valence-electron chi connectivity index (χ0n) is 19.6. The van der Waals surface area contributed by atoms with Crippen LogP contribution in [0.15, 0.2) is 83.4 Å². The Kier molecular flexibility index (Phi) is 6.43. The van der Waals surface area contributed by atoms with E-state index in [-0.39, 0.29) is 45.1 Å². The van der Waals surface area contributed by atoms with E-state index in [1.165, 1.54) is 12.3 Å². The van der Waals surface area contributed by atoms with Crippen LogP contribution in [0.5, 0.6) is 0 Å². The summed E-state index contributed by atoms with van der Waals surface area (Å²) < 4.78 is 0. The highest BCUT2D eigenvalue weighted by Crippen LogP contribution is 2.53. The van der Waals surface area contributed by atoms with E-state index in [4.69, 9.17) is 19.7 Å². The van der Waals surface area contributed by atoms with Crippen molar-refractivity contribution in [3.8, 4) is 18.2 Å². The molecule has 1 heterocycles. The predicted molar refractivity (Wildman–Crippen MR) is 143 cm³/mol. The Bertz CT molecular complexity index is 1850. The average Bonchev–Trinajstić information content (AvgIpc) is 3.44. The molecule has 0 fully saturated rings. The second-order valence-electron chi connectivity index (χ2n) is 7.71. The predicted octanol–water partition coefficient (Wildman–Crippen LogP) is 6.25. The number of benzene rings is 1. The van der Waals surface area contributed by atoms with Crippen molar-refractivity contribution >= 4 is 34.2 Å². The van der Waals surface area contributed by atoms with Gasteiger partial charge in [-0.1, -0.05) is 31.4 Å². The van der Waals surface area contributed by atoms with Gasteiger partial charge in [-0.25, -0.2) is 25.1 Å². The first-order chi connectivity index (χ1) is 18.5. The number of hydrogen-bond acceptors (Lipinski definition) is 5. The molecular formula is C30H12N8. The summed E-state index contributed by atoms with van der Waals surface area (Å²) in [4.78, 5) is 19.0. The minimum absolute atomic E-state index is 0.111. The molecule has 2 aliphatic rings. The number of hydrogen-bond donors (Lipinski definition) is 0. The van der Waals surface area contributed by atoms with Crippen LogP contribution in [0, 0.1) is 53.7 Å². The van der Waals surface area contributed by atoms with E-state index in [2.05, 4.69) is 43.7 Å². The molecule has 4 rings (SSSR count). The fourth-order valence-electron chi connectivity index (χ4n) is 4.45. The van der Waals surface area contributed by atoms with Gasteiger partial charge in [0.2, 0.25) is 5.70 Å². The minimum atomic E-state index is -0.276. The van der Waals surface area contributed by atoms with E-state index in [0.29, 0.717) is 33.5 Å². The van der Waals surface area contributed by atoms with Crippen LogP contribution in [0.3, 0.4) is 0 Å². The number of pyridine rings is 1. The Hall–Kier alpha value is -6.58. The highest BCUT2D eigenvalue weighted by Gasteiger charge is 2.37. The molecular weight excluding hydrogens is 472 g/mol. The van der Waals surface area contributed by atoms with E-state index < -0.39 is 0 Å². The molecule has 0 amide bonds. The van der Waals surface area contributed by atoms with Gasteiger partial charge in [-0.3, -0.25) is 9.98 Å². The normalized spacial score (nSPS) is 15.7. The van der Waals surface area contributed by atoms with Crippen molar-refractivity contribution < 1.29 is 0 Å². The first-order valence-electron chi connectivity index (χ1n) is 10.8. The summed E-state index contributed by atoms with van der Waals surface area (Å²) in [5, 5.41) is 29.8. The molecule has 0 bridgehead atoms. The first-order valence-corrected chi connectivity index (χ1v) is 10.8. The van der Waals surface area contributed by atoms with Gasteiger partial charge in [-0.15, -0.1) is 0 Å². The van der Waals surface area contributed by atoms with Gasteiger partial charge < -0.3 is 0 Å². The van der Waals surface area contributed by atoms with Crippen LogP contribution in [0.1, 0.15) is 27.9 Å². The second-order valence-corrected chi connectivity index (χ2v) is 7.71.